The van der Waals surface area contributed by atoms with Gasteiger partial charge in [-0.2, -0.15) is 0 Å². The maximum Gasteiger partial charge on any atom is 0.407 e. The molecule has 0 spiro atoms. The minimum Gasteiger partial charge on any atom is -0.478 e. The number of hydrogen-bond acceptors (Lipinski definition) is 4. The maximum atomic E-state index is 14.2. The van der Waals surface area contributed by atoms with Crippen LogP contribution in [-0.2, 0) is 9.53 Å². The van der Waals surface area contributed by atoms with Crippen molar-refractivity contribution in [2.45, 2.75) is 31.7 Å². The molecule has 0 aromatic heterocycles. The van der Waals surface area contributed by atoms with Gasteiger partial charge in [0.15, 0.2) is 0 Å². The van der Waals surface area contributed by atoms with Gasteiger partial charge in [-0.25, -0.2) is 14.0 Å². The van der Waals surface area contributed by atoms with Crippen molar-refractivity contribution in [1.29, 1.82) is 0 Å². The van der Waals surface area contributed by atoms with Crippen LogP contribution in [0.25, 0.3) is 11.1 Å². The first-order valence-corrected chi connectivity index (χ1v) is 11.3. The van der Waals surface area contributed by atoms with Crippen molar-refractivity contribution in [3.8, 4) is 11.1 Å². The zero-order chi connectivity index (χ0) is 24.9. The van der Waals surface area contributed by atoms with E-state index in [1.54, 1.807) is 0 Å². The first kappa shape index (κ1) is 23.9. The van der Waals surface area contributed by atoms with E-state index in [2.05, 4.69) is 10.6 Å². The fourth-order valence-electron chi connectivity index (χ4n) is 4.38. The van der Waals surface area contributed by atoms with Crippen LogP contribution in [0.3, 0.4) is 0 Å². The fraction of sp³-hybridized carbons (Fsp3) is 0.222. The van der Waals surface area contributed by atoms with E-state index in [4.69, 9.17) is 4.74 Å². The Morgan fingerprint density at radius 1 is 0.971 bits per heavy atom. The van der Waals surface area contributed by atoms with E-state index in [1.807, 2.05) is 55.5 Å². The molecule has 0 saturated heterocycles. The highest BCUT2D eigenvalue weighted by Gasteiger charge is 2.30. The summed E-state index contributed by atoms with van der Waals surface area (Å²) in [7, 11) is 0. The van der Waals surface area contributed by atoms with E-state index in [9.17, 15) is 23.9 Å². The Hall–Kier alpha value is -4.20. The van der Waals surface area contributed by atoms with Crippen LogP contribution in [0.1, 0.15) is 47.2 Å². The Morgan fingerprint density at radius 2 is 1.60 bits per heavy atom. The molecule has 7 nitrogen and oxygen atoms in total. The number of ether oxygens (including phenoxy) is 1. The number of carboxylic acid groups (broad SMARTS) is 1. The second-order valence-corrected chi connectivity index (χ2v) is 8.27. The van der Waals surface area contributed by atoms with Crippen LogP contribution in [-0.4, -0.2) is 35.7 Å². The van der Waals surface area contributed by atoms with Crippen LogP contribution < -0.4 is 10.6 Å². The van der Waals surface area contributed by atoms with E-state index in [0.29, 0.717) is 6.42 Å². The normalized spacial score (nSPS) is 12.9. The number of nitrogens with one attached hydrogen (secondary N) is 2. The van der Waals surface area contributed by atoms with Gasteiger partial charge in [-0.15, -0.1) is 0 Å². The van der Waals surface area contributed by atoms with Gasteiger partial charge in [0, 0.05) is 5.92 Å². The molecule has 180 valence electrons. The summed E-state index contributed by atoms with van der Waals surface area (Å²) in [6.07, 6.45) is 0.0185. The predicted octanol–water partition coefficient (Wildman–Crippen LogP) is 5.17. The lowest BCUT2D eigenvalue weighted by molar-refractivity contribution is -0.118. The van der Waals surface area contributed by atoms with E-state index in [-0.39, 0.29) is 24.5 Å². The van der Waals surface area contributed by atoms with E-state index < -0.39 is 35.5 Å². The number of halogens is 1. The van der Waals surface area contributed by atoms with Crippen LogP contribution >= 0.6 is 0 Å². The van der Waals surface area contributed by atoms with Gasteiger partial charge in [0.05, 0.1) is 11.3 Å². The van der Waals surface area contributed by atoms with Gasteiger partial charge in [-0.1, -0.05) is 67.9 Å². The molecule has 0 fully saturated rings. The van der Waals surface area contributed by atoms with Gasteiger partial charge in [0.1, 0.15) is 18.5 Å². The molecule has 0 aliphatic heterocycles. The number of carbonyl (C=O) groups excluding carboxylic acids is 2. The molecule has 0 saturated carbocycles. The molecular weight excluding hydrogens is 451 g/mol. The lowest BCUT2D eigenvalue weighted by Gasteiger charge is -2.20. The highest BCUT2D eigenvalue weighted by atomic mass is 19.1. The van der Waals surface area contributed by atoms with Gasteiger partial charge in [0.25, 0.3) is 0 Å². The molecule has 0 unspecified atom stereocenters. The van der Waals surface area contributed by atoms with Gasteiger partial charge in [-0.05, 0) is 40.8 Å². The van der Waals surface area contributed by atoms with Crippen LogP contribution in [0.2, 0.25) is 0 Å². The summed E-state index contributed by atoms with van der Waals surface area (Å²) in [5.41, 5.74) is 3.49. The fourth-order valence-corrected chi connectivity index (χ4v) is 4.38. The molecule has 0 bridgehead atoms. The third-order valence-corrected chi connectivity index (χ3v) is 6.02. The molecule has 2 amide bonds. The summed E-state index contributed by atoms with van der Waals surface area (Å²) in [5, 5.41) is 14.1. The van der Waals surface area contributed by atoms with Crippen molar-refractivity contribution in [3.63, 3.8) is 0 Å². The van der Waals surface area contributed by atoms with Crippen molar-refractivity contribution in [2.24, 2.45) is 0 Å². The average molecular weight is 477 g/mol. The summed E-state index contributed by atoms with van der Waals surface area (Å²) >= 11 is 0. The quantitative estimate of drug-likeness (QED) is 0.416. The number of amides is 2. The average Bonchev–Trinajstić information content (AvgIpc) is 3.17. The Morgan fingerprint density at radius 3 is 2.20 bits per heavy atom. The topological polar surface area (TPSA) is 105 Å². The highest BCUT2D eigenvalue weighted by molar-refractivity contribution is 6.03. The van der Waals surface area contributed by atoms with E-state index in [1.165, 1.54) is 12.1 Å². The number of rotatable bonds is 8. The molecule has 1 aliphatic carbocycles. The number of aromatic carboxylic acids is 1. The molecule has 0 heterocycles. The largest absolute Gasteiger partial charge is 0.478 e. The van der Waals surface area contributed by atoms with Gasteiger partial charge in [0.2, 0.25) is 5.91 Å². The van der Waals surface area contributed by atoms with Crippen molar-refractivity contribution in [2.75, 3.05) is 11.9 Å². The molecule has 3 N–H and O–H groups in total. The first-order valence-electron chi connectivity index (χ1n) is 11.3. The second kappa shape index (κ2) is 10.4. The molecule has 1 aliphatic rings. The molecule has 35 heavy (non-hydrogen) atoms. The molecule has 3 aromatic carbocycles. The summed E-state index contributed by atoms with van der Waals surface area (Å²) in [6, 6.07) is 18.3. The number of para-hydroxylation sites is 1. The number of fused-ring (bicyclic) bond motifs is 3. The lowest BCUT2D eigenvalue weighted by Crippen LogP contribution is -2.44. The summed E-state index contributed by atoms with van der Waals surface area (Å²) in [6.45, 7) is 1.91. The minimum absolute atomic E-state index is 0.0802. The molecule has 8 heteroatoms. The zero-order valence-corrected chi connectivity index (χ0v) is 19.1. The monoisotopic (exact) mass is 476 g/mol. The summed E-state index contributed by atoms with van der Waals surface area (Å²) in [5.74, 6) is -3.12. The van der Waals surface area contributed by atoms with Crippen LogP contribution in [0.5, 0.6) is 0 Å². The van der Waals surface area contributed by atoms with E-state index in [0.717, 1.165) is 28.3 Å². The summed E-state index contributed by atoms with van der Waals surface area (Å²) in [4.78, 5) is 36.8. The van der Waals surface area contributed by atoms with Crippen molar-refractivity contribution in [3.05, 3.63) is 89.2 Å². The number of anilines is 1. The predicted molar refractivity (Wildman–Crippen MR) is 129 cm³/mol. The van der Waals surface area contributed by atoms with Crippen LogP contribution in [0, 0.1) is 5.82 Å². The van der Waals surface area contributed by atoms with Gasteiger partial charge < -0.3 is 20.5 Å². The highest BCUT2D eigenvalue weighted by Crippen LogP contribution is 2.44. The number of carbonyl (C=O) groups is 3. The maximum absolute atomic E-state index is 14.2. The molecule has 4 rings (SSSR count). The molecule has 0 radical (unpaired) electrons. The number of carboxylic acids is 1. The second-order valence-electron chi connectivity index (χ2n) is 8.27. The van der Waals surface area contributed by atoms with Crippen molar-refractivity contribution < 1.29 is 28.6 Å². The SMILES string of the molecule is CCC[C@@H](NC(=O)OCC1c2ccccc2-c2ccccc21)C(=O)Nc1c(F)cccc1C(=O)O. The van der Waals surface area contributed by atoms with Gasteiger partial charge >= 0.3 is 12.1 Å². The third kappa shape index (κ3) is 5.01. The third-order valence-electron chi connectivity index (χ3n) is 6.02. The van der Waals surface area contributed by atoms with Crippen molar-refractivity contribution >= 4 is 23.7 Å². The Labute approximate surface area is 201 Å². The van der Waals surface area contributed by atoms with Crippen molar-refractivity contribution in [1.82, 2.24) is 5.32 Å². The lowest BCUT2D eigenvalue weighted by atomic mass is 9.98. The smallest absolute Gasteiger partial charge is 0.407 e. The Balaban J connectivity index is 1.44. The number of benzene rings is 3. The van der Waals surface area contributed by atoms with E-state index >= 15 is 0 Å². The van der Waals surface area contributed by atoms with Gasteiger partial charge in [-0.3, -0.25) is 4.79 Å². The zero-order valence-electron chi connectivity index (χ0n) is 19.1. The Kier molecular flexibility index (Phi) is 7.10. The molecular formula is C27H25FN2O5. The minimum atomic E-state index is -1.38. The standard InChI is InChI=1S/C27H25FN2O5/c1-2-8-23(25(31)30-24-20(26(32)33)13-7-14-22(24)28)29-27(34)35-15-21-18-11-5-3-9-16(18)17-10-4-6-12-19(17)21/h3-7,9-14,21,23H,2,8,15H2,1H3,(H,29,34)(H,30,31)(H,32,33)/t23-/m1/s1. The van der Waals surface area contributed by atoms with Crippen LogP contribution in [0.15, 0.2) is 66.7 Å². The number of alkyl carbamates (subject to hydrolysis) is 1. The molecule has 3 aromatic rings. The summed E-state index contributed by atoms with van der Waals surface area (Å²) < 4.78 is 19.7. The van der Waals surface area contributed by atoms with Crippen LogP contribution in [0.4, 0.5) is 14.9 Å². The Bertz CT molecular complexity index is 1230. The number of hydrogen-bond donors (Lipinski definition) is 3. The first-order chi connectivity index (χ1) is 16.9. The molecule has 1 atom stereocenters.